The van der Waals surface area contributed by atoms with Crippen LogP contribution in [0.4, 0.5) is 8.78 Å². The number of aliphatic hydroxyl groups is 2. The molecule has 0 saturated heterocycles. The van der Waals surface area contributed by atoms with Crippen molar-refractivity contribution in [3.63, 3.8) is 0 Å². The van der Waals surface area contributed by atoms with E-state index in [1.807, 2.05) is 35.0 Å². The molecule has 2 N–H and O–H groups in total. The van der Waals surface area contributed by atoms with Crippen molar-refractivity contribution in [2.45, 2.75) is 32.7 Å². The lowest BCUT2D eigenvalue weighted by Gasteiger charge is -2.06. The third-order valence-electron chi connectivity index (χ3n) is 6.18. The van der Waals surface area contributed by atoms with E-state index in [4.69, 9.17) is 0 Å². The molecule has 2 heterocycles. The molecule has 0 unspecified atom stereocenters. The van der Waals surface area contributed by atoms with Gasteiger partial charge < -0.3 is 14.8 Å². The molecule has 7 heteroatoms. The molecular formula is C28H24F2N2O2S. The number of rotatable bonds is 7. The molecule has 0 radical (unpaired) electrons. The molecule has 0 bridgehead atoms. The van der Waals surface area contributed by atoms with Crippen LogP contribution >= 0.6 is 11.3 Å². The monoisotopic (exact) mass is 490 g/mol. The van der Waals surface area contributed by atoms with Crippen LogP contribution in [0.25, 0.3) is 21.1 Å². The number of hydrogen-bond donors (Lipinski definition) is 2. The van der Waals surface area contributed by atoms with Gasteiger partial charge in [-0.15, -0.1) is 11.3 Å². The molecule has 0 aliphatic heterocycles. The highest BCUT2D eigenvalue weighted by Crippen LogP contribution is 2.32. The molecule has 0 atom stereocenters. The maximum atomic E-state index is 14.6. The molecule has 5 aromatic rings. The predicted molar refractivity (Wildman–Crippen MR) is 136 cm³/mol. The van der Waals surface area contributed by atoms with Crippen LogP contribution in [0, 0.1) is 18.6 Å². The molecule has 0 aliphatic carbocycles. The summed E-state index contributed by atoms with van der Waals surface area (Å²) in [5.74, 6) is -1.12. The zero-order valence-corrected chi connectivity index (χ0v) is 19.9. The van der Waals surface area contributed by atoms with Gasteiger partial charge in [0, 0.05) is 23.5 Å². The maximum absolute atomic E-state index is 14.6. The number of nitrogens with zero attached hydrogens (tertiary/aromatic N) is 2. The zero-order valence-electron chi connectivity index (χ0n) is 19.1. The number of aliphatic hydroxyl groups excluding tert-OH is 2. The Balaban J connectivity index is 1.53. The Morgan fingerprint density at radius 2 is 1.83 bits per heavy atom. The molecule has 178 valence electrons. The molecule has 0 fully saturated rings. The predicted octanol–water partition coefficient (Wildman–Crippen LogP) is 7.17. The first-order valence-corrected chi connectivity index (χ1v) is 12.2. The lowest BCUT2D eigenvalue weighted by Crippen LogP contribution is -1.99. The molecule has 5 rings (SSSR count). The largest absolute Gasteiger partial charge is 0.512 e. The van der Waals surface area contributed by atoms with E-state index in [2.05, 4.69) is 29.2 Å². The van der Waals surface area contributed by atoms with E-state index in [9.17, 15) is 19.0 Å². The number of allylic oxidation sites excluding steroid dienone is 1. The Morgan fingerprint density at radius 3 is 2.60 bits per heavy atom. The Labute approximate surface area is 205 Å². The van der Waals surface area contributed by atoms with Gasteiger partial charge in [-0.3, -0.25) is 0 Å². The lowest BCUT2D eigenvalue weighted by atomic mass is 10.0. The fraction of sp³-hybridized carbons (Fsp3) is 0.179. The van der Waals surface area contributed by atoms with Crippen molar-refractivity contribution in [2.75, 3.05) is 0 Å². The molecule has 0 aliphatic rings. The smallest absolute Gasteiger partial charge is 0.153 e. The summed E-state index contributed by atoms with van der Waals surface area (Å²) in [6.45, 7) is 1.64. The molecule has 0 amide bonds. The van der Waals surface area contributed by atoms with Crippen molar-refractivity contribution in [1.29, 1.82) is 0 Å². The Morgan fingerprint density at radius 1 is 1.06 bits per heavy atom. The summed E-state index contributed by atoms with van der Waals surface area (Å²) in [5, 5.41) is 20.7. The molecule has 35 heavy (non-hydrogen) atoms. The first kappa shape index (κ1) is 23.1. The molecule has 0 saturated carbocycles. The third kappa shape index (κ3) is 4.64. The van der Waals surface area contributed by atoms with E-state index < -0.39 is 11.6 Å². The second-order valence-corrected chi connectivity index (χ2v) is 9.77. The van der Waals surface area contributed by atoms with Gasteiger partial charge in [0.1, 0.15) is 23.4 Å². The highest BCUT2D eigenvalue weighted by atomic mass is 32.1. The topological polar surface area (TPSA) is 58.3 Å². The summed E-state index contributed by atoms with van der Waals surface area (Å²) in [4.78, 5) is 4.41. The Kier molecular flexibility index (Phi) is 6.26. The SMILES string of the molecule is Cc1cc(F)c2sc(Cc3cn(CC(O)=CO)c4ccc(CCc5ccccc5)cc34)nc2c1F. The number of benzene rings is 3. The first-order chi connectivity index (χ1) is 16.9. The van der Waals surface area contributed by atoms with E-state index in [-0.39, 0.29) is 28.1 Å². The molecular weight excluding hydrogens is 466 g/mol. The van der Waals surface area contributed by atoms with Crippen LogP contribution in [0.5, 0.6) is 0 Å². The van der Waals surface area contributed by atoms with Crippen LogP contribution in [0.15, 0.2) is 72.8 Å². The van der Waals surface area contributed by atoms with Gasteiger partial charge in [0.15, 0.2) is 5.82 Å². The van der Waals surface area contributed by atoms with Crippen LogP contribution in [-0.4, -0.2) is 19.8 Å². The van der Waals surface area contributed by atoms with Crippen LogP contribution in [0.3, 0.4) is 0 Å². The minimum absolute atomic E-state index is 0.0654. The summed E-state index contributed by atoms with van der Waals surface area (Å²) < 4.78 is 31.1. The molecule has 4 nitrogen and oxygen atoms in total. The summed E-state index contributed by atoms with van der Waals surface area (Å²) in [6, 6.07) is 17.7. The second-order valence-electron chi connectivity index (χ2n) is 8.69. The molecule has 2 aromatic heterocycles. The van der Waals surface area contributed by atoms with Crippen molar-refractivity contribution >= 4 is 32.5 Å². The van der Waals surface area contributed by atoms with Crippen molar-refractivity contribution in [2.24, 2.45) is 0 Å². The Hall–Kier alpha value is -3.71. The van der Waals surface area contributed by atoms with Crippen LogP contribution < -0.4 is 0 Å². The number of hydrogen-bond acceptors (Lipinski definition) is 4. The van der Waals surface area contributed by atoms with Crippen molar-refractivity contribution in [3.8, 4) is 0 Å². The summed E-state index contributed by atoms with van der Waals surface area (Å²) in [5.41, 5.74) is 4.56. The fourth-order valence-corrected chi connectivity index (χ4v) is 5.40. The van der Waals surface area contributed by atoms with Gasteiger partial charge in [-0.05, 0) is 60.2 Å². The number of aromatic nitrogens is 2. The highest BCUT2D eigenvalue weighted by Gasteiger charge is 2.18. The summed E-state index contributed by atoms with van der Waals surface area (Å²) in [7, 11) is 0. The minimum Gasteiger partial charge on any atom is -0.512 e. The van der Waals surface area contributed by atoms with Crippen LogP contribution in [0.1, 0.15) is 27.3 Å². The maximum Gasteiger partial charge on any atom is 0.153 e. The number of thiazole rings is 1. The first-order valence-electron chi connectivity index (χ1n) is 11.3. The normalized spacial score (nSPS) is 12.1. The average Bonchev–Trinajstić information content (AvgIpc) is 3.44. The van der Waals surface area contributed by atoms with Gasteiger partial charge in [-0.25, -0.2) is 13.8 Å². The third-order valence-corrected chi connectivity index (χ3v) is 7.25. The second kappa shape index (κ2) is 9.50. The zero-order chi connectivity index (χ0) is 24.5. The molecule has 0 spiro atoms. The van der Waals surface area contributed by atoms with Crippen LogP contribution in [0.2, 0.25) is 0 Å². The van der Waals surface area contributed by atoms with E-state index in [1.54, 1.807) is 0 Å². The van der Waals surface area contributed by atoms with Gasteiger partial charge in [0.2, 0.25) is 0 Å². The van der Waals surface area contributed by atoms with Gasteiger partial charge in [0.05, 0.1) is 16.3 Å². The van der Waals surface area contributed by atoms with Crippen LogP contribution in [-0.2, 0) is 25.8 Å². The standard InChI is InChI=1S/C28H24F2N2O2S/c1-17-11-23(29)28-27(26(17)30)31-25(35-28)13-20-14-32(15-21(34)16-33)24-10-9-19(12-22(20)24)8-7-18-5-3-2-4-6-18/h2-6,9-12,14,16,33-34H,7-8,13,15H2,1H3. The van der Waals surface area contributed by atoms with Crippen molar-refractivity contribution in [1.82, 2.24) is 9.55 Å². The van der Waals surface area contributed by atoms with Gasteiger partial charge in [-0.2, -0.15) is 0 Å². The number of halogens is 2. The van der Waals surface area contributed by atoms with Gasteiger partial charge in [-0.1, -0.05) is 36.4 Å². The van der Waals surface area contributed by atoms with E-state index in [0.717, 1.165) is 40.6 Å². The quantitative estimate of drug-likeness (QED) is 0.238. The number of aryl methyl sites for hydroxylation is 3. The van der Waals surface area contributed by atoms with E-state index in [1.165, 1.54) is 24.1 Å². The molecule has 3 aromatic carbocycles. The van der Waals surface area contributed by atoms with Gasteiger partial charge in [0.25, 0.3) is 0 Å². The van der Waals surface area contributed by atoms with Crippen molar-refractivity contribution in [3.05, 3.63) is 112 Å². The minimum atomic E-state index is -0.493. The lowest BCUT2D eigenvalue weighted by molar-refractivity contribution is 0.336. The summed E-state index contributed by atoms with van der Waals surface area (Å²) >= 11 is 1.15. The van der Waals surface area contributed by atoms with Crippen molar-refractivity contribution < 1.29 is 19.0 Å². The fourth-order valence-electron chi connectivity index (χ4n) is 4.41. The van der Waals surface area contributed by atoms with E-state index >= 15 is 0 Å². The highest BCUT2D eigenvalue weighted by molar-refractivity contribution is 7.18. The summed E-state index contributed by atoms with van der Waals surface area (Å²) in [6.07, 6.45) is 4.75. The Bertz CT molecular complexity index is 1550. The average molecular weight is 491 g/mol. The number of fused-ring (bicyclic) bond motifs is 2. The van der Waals surface area contributed by atoms with Gasteiger partial charge >= 0.3 is 0 Å². The van der Waals surface area contributed by atoms with E-state index in [0.29, 0.717) is 17.7 Å².